The maximum atomic E-state index is 6.10. The van der Waals surface area contributed by atoms with Crippen LogP contribution in [0.25, 0.3) is 11.5 Å². The predicted molar refractivity (Wildman–Crippen MR) is 67.2 cm³/mol. The highest BCUT2D eigenvalue weighted by Gasteiger charge is 2.31. The summed E-state index contributed by atoms with van der Waals surface area (Å²) >= 11 is 4.90. The average Bonchev–Trinajstić information content (AvgIpc) is 2.84. The Hall–Kier alpha value is -0.650. The van der Waals surface area contributed by atoms with Crippen molar-refractivity contribution in [2.24, 2.45) is 11.7 Å². The Morgan fingerprint density at radius 2 is 2.31 bits per heavy atom. The Morgan fingerprint density at radius 3 is 2.94 bits per heavy atom. The smallest absolute Gasteiger partial charge is 0.169 e. The molecule has 1 aliphatic carbocycles. The van der Waals surface area contributed by atoms with Crippen LogP contribution in [-0.4, -0.2) is 4.98 Å². The molecule has 1 saturated carbocycles. The summed E-state index contributed by atoms with van der Waals surface area (Å²) in [5.41, 5.74) is 6.98. The van der Waals surface area contributed by atoms with Gasteiger partial charge in [-0.05, 0) is 46.8 Å². The summed E-state index contributed by atoms with van der Waals surface area (Å²) in [6.45, 7) is 0. The number of furan rings is 1. The third kappa shape index (κ3) is 1.95. The predicted octanol–water partition coefficient (Wildman–Crippen LogP) is 3.58. The van der Waals surface area contributed by atoms with Gasteiger partial charge in [-0.1, -0.05) is 0 Å². The molecular weight excluding hydrogens is 288 g/mol. The van der Waals surface area contributed by atoms with Gasteiger partial charge < -0.3 is 10.2 Å². The van der Waals surface area contributed by atoms with Crippen LogP contribution in [0.15, 0.2) is 26.6 Å². The van der Waals surface area contributed by atoms with E-state index in [0.29, 0.717) is 5.92 Å². The number of hydrogen-bond acceptors (Lipinski definition) is 4. The van der Waals surface area contributed by atoms with Crippen molar-refractivity contribution in [3.63, 3.8) is 0 Å². The summed E-state index contributed by atoms with van der Waals surface area (Å²) < 4.78 is 6.18. The lowest BCUT2D eigenvalue weighted by atomic mass is 10.2. The average molecular weight is 299 g/mol. The first-order chi connectivity index (χ1) is 7.74. The first kappa shape index (κ1) is 10.5. The summed E-state index contributed by atoms with van der Waals surface area (Å²) in [5, 5.41) is 3.02. The quantitative estimate of drug-likeness (QED) is 0.942. The van der Waals surface area contributed by atoms with Gasteiger partial charge in [0.1, 0.15) is 10.7 Å². The summed E-state index contributed by atoms with van der Waals surface area (Å²) in [4.78, 5) is 4.53. The molecule has 1 fully saturated rings. The van der Waals surface area contributed by atoms with Gasteiger partial charge in [0.05, 0.1) is 6.04 Å². The zero-order chi connectivity index (χ0) is 11.1. The molecule has 84 valence electrons. The van der Waals surface area contributed by atoms with Crippen LogP contribution in [-0.2, 0) is 0 Å². The third-order valence-corrected chi connectivity index (χ3v) is 4.13. The van der Waals surface area contributed by atoms with Gasteiger partial charge in [-0.15, -0.1) is 11.3 Å². The Labute approximate surface area is 106 Å². The number of nitrogens with zero attached hydrogens (tertiary/aromatic N) is 1. The highest BCUT2D eigenvalue weighted by atomic mass is 79.9. The van der Waals surface area contributed by atoms with E-state index in [1.165, 1.54) is 12.8 Å². The Kier molecular flexibility index (Phi) is 2.61. The van der Waals surface area contributed by atoms with Crippen LogP contribution in [0.1, 0.15) is 23.9 Å². The largest absolute Gasteiger partial charge is 0.448 e. The highest BCUT2D eigenvalue weighted by molar-refractivity contribution is 9.10. The van der Waals surface area contributed by atoms with E-state index in [0.717, 1.165) is 21.1 Å². The highest BCUT2D eigenvalue weighted by Crippen LogP contribution is 2.41. The monoisotopic (exact) mass is 298 g/mol. The molecular formula is C11H11BrN2OS. The van der Waals surface area contributed by atoms with E-state index in [2.05, 4.69) is 20.9 Å². The van der Waals surface area contributed by atoms with Crippen molar-refractivity contribution in [1.29, 1.82) is 0 Å². The zero-order valence-corrected chi connectivity index (χ0v) is 10.9. The molecule has 0 amide bonds. The Bertz CT molecular complexity index is 504. The minimum absolute atomic E-state index is 0.108. The molecule has 2 N–H and O–H groups in total. The zero-order valence-electron chi connectivity index (χ0n) is 8.52. The van der Waals surface area contributed by atoms with Crippen LogP contribution in [0.5, 0.6) is 0 Å². The van der Waals surface area contributed by atoms with Crippen LogP contribution >= 0.6 is 27.3 Å². The minimum Gasteiger partial charge on any atom is -0.448 e. The van der Waals surface area contributed by atoms with Crippen molar-refractivity contribution in [2.75, 3.05) is 0 Å². The van der Waals surface area contributed by atoms with E-state index >= 15 is 0 Å². The lowest BCUT2D eigenvalue weighted by molar-refractivity contribution is 0.553. The van der Waals surface area contributed by atoms with Gasteiger partial charge in [-0.3, -0.25) is 0 Å². The molecule has 3 nitrogen and oxygen atoms in total. The van der Waals surface area contributed by atoms with E-state index < -0.39 is 0 Å². The van der Waals surface area contributed by atoms with E-state index in [9.17, 15) is 0 Å². The first-order valence-corrected chi connectivity index (χ1v) is 6.88. The second kappa shape index (κ2) is 3.98. The molecule has 0 aliphatic heterocycles. The molecule has 2 heterocycles. The van der Waals surface area contributed by atoms with Crippen molar-refractivity contribution < 1.29 is 4.42 Å². The van der Waals surface area contributed by atoms with E-state index in [-0.39, 0.29) is 6.04 Å². The molecule has 0 spiro atoms. The summed E-state index contributed by atoms with van der Waals surface area (Å²) in [5.74, 6) is 1.43. The van der Waals surface area contributed by atoms with Crippen LogP contribution in [0.4, 0.5) is 0 Å². The van der Waals surface area contributed by atoms with Gasteiger partial charge in [-0.2, -0.15) is 0 Å². The molecule has 16 heavy (non-hydrogen) atoms. The fraction of sp³-hybridized carbons (Fsp3) is 0.364. The number of rotatable bonds is 3. The Balaban J connectivity index is 1.86. The number of halogens is 1. The van der Waals surface area contributed by atoms with Crippen molar-refractivity contribution in [3.05, 3.63) is 27.2 Å². The van der Waals surface area contributed by atoms with Gasteiger partial charge in [0, 0.05) is 5.38 Å². The van der Waals surface area contributed by atoms with Gasteiger partial charge in [0.2, 0.25) is 0 Å². The molecule has 2 aromatic rings. The van der Waals surface area contributed by atoms with Gasteiger partial charge in [0.25, 0.3) is 0 Å². The van der Waals surface area contributed by atoms with Crippen molar-refractivity contribution in [1.82, 2.24) is 4.98 Å². The molecule has 1 aliphatic rings. The van der Waals surface area contributed by atoms with Crippen molar-refractivity contribution in [3.8, 4) is 11.5 Å². The second-order valence-electron chi connectivity index (χ2n) is 4.04. The molecule has 0 radical (unpaired) electrons. The van der Waals surface area contributed by atoms with E-state index in [1.54, 1.807) is 11.3 Å². The SMILES string of the molecule is NC(c1nc(-c2ccc(Br)o2)cs1)C1CC1. The number of thiazole rings is 1. The number of nitrogens with two attached hydrogens (primary N) is 1. The standard InChI is InChI=1S/C11H11BrN2OS/c12-9-4-3-8(15-9)7-5-16-11(14-7)10(13)6-1-2-6/h3-6,10H,1-2,13H2. The number of hydrogen-bond donors (Lipinski definition) is 1. The summed E-state index contributed by atoms with van der Waals surface area (Å²) in [6, 6.07) is 3.89. The van der Waals surface area contributed by atoms with Crippen molar-refractivity contribution in [2.45, 2.75) is 18.9 Å². The first-order valence-electron chi connectivity index (χ1n) is 5.21. The fourth-order valence-corrected chi connectivity index (χ4v) is 2.87. The van der Waals surface area contributed by atoms with Crippen LogP contribution in [0.2, 0.25) is 0 Å². The molecule has 0 saturated heterocycles. The number of aromatic nitrogens is 1. The molecule has 0 bridgehead atoms. The molecule has 3 rings (SSSR count). The maximum absolute atomic E-state index is 6.10. The lowest BCUT2D eigenvalue weighted by Gasteiger charge is -2.04. The van der Waals surface area contributed by atoms with Crippen LogP contribution in [0, 0.1) is 5.92 Å². The molecule has 1 unspecified atom stereocenters. The van der Waals surface area contributed by atoms with E-state index in [4.69, 9.17) is 10.2 Å². The van der Waals surface area contributed by atoms with Crippen LogP contribution in [0.3, 0.4) is 0 Å². The topological polar surface area (TPSA) is 52.0 Å². The molecule has 2 aromatic heterocycles. The Morgan fingerprint density at radius 1 is 1.50 bits per heavy atom. The lowest BCUT2D eigenvalue weighted by Crippen LogP contribution is -2.11. The van der Waals surface area contributed by atoms with E-state index in [1.807, 2.05) is 17.5 Å². The summed E-state index contributed by atoms with van der Waals surface area (Å²) in [6.07, 6.45) is 2.48. The van der Waals surface area contributed by atoms with Gasteiger partial charge in [0.15, 0.2) is 10.4 Å². The fourth-order valence-electron chi connectivity index (χ4n) is 1.66. The maximum Gasteiger partial charge on any atom is 0.169 e. The summed E-state index contributed by atoms with van der Waals surface area (Å²) in [7, 11) is 0. The van der Waals surface area contributed by atoms with Gasteiger partial charge in [-0.25, -0.2) is 4.98 Å². The van der Waals surface area contributed by atoms with Gasteiger partial charge >= 0.3 is 0 Å². The third-order valence-electron chi connectivity index (χ3n) is 2.76. The normalized spacial score (nSPS) is 17.6. The molecule has 1 atom stereocenters. The van der Waals surface area contributed by atoms with Crippen LogP contribution < -0.4 is 5.73 Å². The molecule has 5 heteroatoms. The minimum atomic E-state index is 0.108. The molecule has 0 aromatic carbocycles. The second-order valence-corrected chi connectivity index (χ2v) is 5.71. The van der Waals surface area contributed by atoms with Crippen molar-refractivity contribution >= 4 is 27.3 Å².